The molecule has 0 amide bonds. The van der Waals surface area contributed by atoms with Crippen molar-refractivity contribution in [2.75, 3.05) is 14.2 Å². The van der Waals surface area contributed by atoms with Gasteiger partial charge >= 0.3 is 11.9 Å². The topological polar surface area (TPSA) is 134 Å². The summed E-state index contributed by atoms with van der Waals surface area (Å²) in [4.78, 5) is 20.4. The maximum atomic E-state index is 10.2. The summed E-state index contributed by atoms with van der Waals surface area (Å²) in [5.74, 6) is -1.35. The molecule has 0 aromatic heterocycles. The van der Waals surface area contributed by atoms with E-state index in [4.69, 9.17) is 19.7 Å². The van der Waals surface area contributed by atoms with Crippen molar-refractivity contribution in [3.8, 4) is 23.0 Å². The molecule has 0 saturated carbocycles. The number of hydrogen-bond acceptors (Lipinski definition) is 6. The lowest BCUT2D eigenvalue weighted by Crippen LogP contribution is -1.87. The summed E-state index contributed by atoms with van der Waals surface area (Å²) in [6.07, 6.45) is 4.83. The SMILES string of the molecule is COc1cc(C=CC(=O)O)ccc1O.COc1ccc(C=CC(=O)O)cc1O. The van der Waals surface area contributed by atoms with E-state index in [0.29, 0.717) is 22.6 Å². The number of aliphatic carboxylic acids is 2. The van der Waals surface area contributed by atoms with Crippen LogP contribution >= 0.6 is 0 Å². The van der Waals surface area contributed by atoms with Gasteiger partial charge in [0, 0.05) is 12.2 Å². The summed E-state index contributed by atoms with van der Waals surface area (Å²) >= 11 is 0. The molecule has 148 valence electrons. The third kappa shape index (κ3) is 7.52. The van der Waals surface area contributed by atoms with Crippen LogP contribution in [0.5, 0.6) is 23.0 Å². The van der Waals surface area contributed by atoms with Gasteiger partial charge in [0.05, 0.1) is 14.2 Å². The van der Waals surface area contributed by atoms with E-state index < -0.39 is 11.9 Å². The van der Waals surface area contributed by atoms with Gasteiger partial charge in [0.15, 0.2) is 23.0 Å². The molecule has 2 rings (SSSR count). The van der Waals surface area contributed by atoms with Crippen molar-refractivity contribution in [3.63, 3.8) is 0 Å². The number of hydrogen-bond donors (Lipinski definition) is 4. The number of aromatic hydroxyl groups is 2. The highest BCUT2D eigenvalue weighted by atomic mass is 16.5. The van der Waals surface area contributed by atoms with Crippen molar-refractivity contribution in [3.05, 3.63) is 59.7 Å². The second kappa shape index (κ2) is 10.9. The maximum Gasteiger partial charge on any atom is 0.328 e. The summed E-state index contributed by atoms with van der Waals surface area (Å²) < 4.78 is 9.70. The molecule has 28 heavy (non-hydrogen) atoms. The lowest BCUT2D eigenvalue weighted by atomic mass is 10.2. The van der Waals surface area contributed by atoms with Gasteiger partial charge in [-0.3, -0.25) is 0 Å². The molecule has 8 nitrogen and oxygen atoms in total. The zero-order valence-corrected chi connectivity index (χ0v) is 15.2. The number of phenols is 2. The normalized spacial score (nSPS) is 10.4. The minimum atomic E-state index is -1.03. The summed E-state index contributed by atoms with van der Waals surface area (Å²) in [5.41, 5.74) is 1.26. The van der Waals surface area contributed by atoms with E-state index in [2.05, 4.69) is 0 Å². The molecule has 0 atom stereocenters. The van der Waals surface area contributed by atoms with Crippen LogP contribution in [0.3, 0.4) is 0 Å². The molecule has 0 aliphatic rings. The third-order valence-electron chi connectivity index (χ3n) is 3.24. The molecule has 0 unspecified atom stereocenters. The van der Waals surface area contributed by atoms with Gasteiger partial charge in [0.2, 0.25) is 0 Å². The van der Waals surface area contributed by atoms with Crippen LogP contribution in [-0.2, 0) is 9.59 Å². The number of phenolic OH excluding ortho intramolecular Hbond substituents is 2. The zero-order chi connectivity index (χ0) is 21.1. The third-order valence-corrected chi connectivity index (χ3v) is 3.24. The fraction of sp³-hybridized carbons (Fsp3) is 0.100. The minimum absolute atomic E-state index is 0.0139. The second-order valence-corrected chi connectivity index (χ2v) is 5.21. The van der Waals surface area contributed by atoms with Crippen LogP contribution in [-0.4, -0.2) is 46.6 Å². The van der Waals surface area contributed by atoms with Crippen molar-refractivity contribution in [1.29, 1.82) is 0 Å². The van der Waals surface area contributed by atoms with Gasteiger partial charge in [-0.25, -0.2) is 9.59 Å². The molecular formula is C20H20O8. The molecule has 2 aromatic carbocycles. The molecule has 0 fully saturated rings. The Morgan fingerprint density at radius 1 is 0.750 bits per heavy atom. The van der Waals surface area contributed by atoms with Crippen LogP contribution in [0.25, 0.3) is 12.2 Å². The van der Waals surface area contributed by atoms with Gasteiger partial charge in [-0.05, 0) is 47.5 Å². The van der Waals surface area contributed by atoms with Crippen LogP contribution in [0.15, 0.2) is 48.6 Å². The van der Waals surface area contributed by atoms with Crippen LogP contribution in [0.4, 0.5) is 0 Å². The van der Waals surface area contributed by atoms with Gasteiger partial charge in [0.1, 0.15) is 0 Å². The summed E-state index contributed by atoms with van der Waals surface area (Å²) in [6, 6.07) is 9.24. The van der Waals surface area contributed by atoms with Crippen LogP contribution in [0.1, 0.15) is 11.1 Å². The largest absolute Gasteiger partial charge is 0.504 e. The van der Waals surface area contributed by atoms with Gasteiger partial charge < -0.3 is 29.9 Å². The summed E-state index contributed by atoms with van der Waals surface area (Å²) in [7, 11) is 2.88. The first-order valence-corrected chi connectivity index (χ1v) is 7.82. The fourth-order valence-electron chi connectivity index (χ4n) is 1.94. The van der Waals surface area contributed by atoms with E-state index in [-0.39, 0.29) is 11.5 Å². The van der Waals surface area contributed by atoms with Crippen molar-refractivity contribution in [2.45, 2.75) is 0 Å². The maximum absolute atomic E-state index is 10.2. The molecule has 0 aliphatic carbocycles. The zero-order valence-electron chi connectivity index (χ0n) is 15.2. The predicted octanol–water partition coefficient (Wildman–Crippen LogP) is 3.00. The van der Waals surface area contributed by atoms with E-state index >= 15 is 0 Å². The highest BCUT2D eigenvalue weighted by Gasteiger charge is 2.01. The Kier molecular flexibility index (Phi) is 8.62. The average molecular weight is 388 g/mol. The van der Waals surface area contributed by atoms with Crippen LogP contribution < -0.4 is 9.47 Å². The first-order valence-electron chi connectivity index (χ1n) is 7.82. The first-order chi connectivity index (χ1) is 13.3. The Morgan fingerprint density at radius 2 is 1.25 bits per heavy atom. The number of ether oxygens (including phenoxy) is 2. The summed E-state index contributed by atoms with van der Waals surface area (Å²) in [5, 5.41) is 35.4. The first kappa shape index (κ1) is 22.1. The minimum Gasteiger partial charge on any atom is -0.504 e. The number of rotatable bonds is 6. The predicted molar refractivity (Wildman–Crippen MR) is 103 cm³/mol. The van der Waals surface area contributed by atoms with E-state index in [0.717, 1.165) is 12.2 Å². The summed E-state index contributed by atoms with van der Waals surface area (Å²) in [6.45, 7) is 0. The molecule has 0 heterocycles. The molecule has 0 radical (unpaired) electrons. The molecule has 0 spiro atoms. The molecule has 0 saturated heterocycles. The van der Waals surface area contributed by atoms with E-state index in [1.807, 2.05) is 0 Å². The monoisotopic (exact) mass is 388 g/mol. The number of carbonyl (C=O) groups is 2. The van der Waals surface area contributed by atoms with E-state index in [9.17, 15) is 19.8 Å². The van der Waals surface area contributed by atoms with Crippen molar-refractivity contribution < 1.29 is 39.5 Å². The molecule has 0 aliphatic heterocycles. The lowest BCUT2D eigenvalue weighted by molar-refractivity contribution is -0.132. The number of carboxylic acid groups (broad SMARTS) is 2. The Hall–Kier alpha value is -3.94. The molecule has 4 N–H and O–H groups in total. The number of methoxy groups -OCH3 is 2. The quantitative estimate of drug-likeness (QED) is 0.555. The Morgan fingerprint density at radius 3 is 1.71 bits per heavy atom. The van der Waals surface area contributed by atoms with Gasteiger partial charge in [-0.15, -0.1) is 0 Å². The Balaban J connectivity index is 0.000000280. The van der Waals surface area contributed by atoms with Gasteiger partial charge in [-0.2, -0.15) is 0 Å². The number of benzene rings is 2. The van der Waals surface area contributed by atoms with Crippen LogP contribution in [0.2, 0.25) is 0 Å². The van der Waals surface area contributed by atoms with Gasteiger partial charge in [0.25, 0.3) is 0 Å². The average Bonchev–Trinajstić information content (AvgIpc) is 2.66. The highest BCUT2D eigenvalue weighted by Crippen LogP contribution is 2.27. The standard InChI is InChI=1S/2C10H10O4/c1-14-9-4-2-7(6-8(9)11)3-5-10(12)13;1-14-9-6-7(2-4-8(9)11)3-5-10(12)13/h2*2-6,11H,1H3,(H,12,13). The van der Waals surface area contributed by atoms with Crippen molar-refractivity contribution in [1.82, 2.24) is 0 Å². The smallest absolute Gasteiger partial charge is 0.328 e. The fourth-order valence-corrected chi connectivity index (χ4v) is 1.94. The molecule has 2 aromatic rings. The highest BCUT2D eigenvalue weighted by molar-refractivity contribution is 5.85. The number of carboxylic acids is 2. The lowest BCUT2D eigenvalue weighted by Gasteiger charge is -2.03. The van der Waals surface area contributed by atoms with Gasteiger partial charge in [-0.1, -0.05) is 12.1 Å². The molecular weight excluding hydrogens is 368 g/mol. The van der Waals surface area contributed by atoms with E-state index in [1.165, 1.54) is 38.5 Å². The molecule has 8 heteroatoms. The van der Waals surface area contributed by atoms with Crippen molar-refractivity contribution >= 4 is 24.1 Å². The molecule has 0 bridgehead atoms. The Bertz CT molecular complexity index is 884. The Labute approximate surface area is 161 Å². The van der Waals surface area contributed by atoms with Crippen molar-refractivity contribution in [2.24, 2.45) is 0 Å². The van der Waals surface area contributed by atoms with E-state index in [1.54, 1.807) is 24.3 Å². The second-order valence-electron chi connectivity index (χ2n) is 5.21. The van der Waals surface area contributed by atoms with Crippen LogP contribution in [0, 0.1) is 0 Å².